The highest BCUT2D eigenvalue weighted by atomic mass is 35.5. The Labute approximate surface area is 162 Å². The lowest BCUT2D eigenvalue weighted by Gasteiger charge is -2.15. The Morgan fingerprint density at radius 2 is 1.81 bits per heavy atom. The first-order valence-corrected chi connectivity index (χ1v) is 9.09. The van der Waals surface area contributed by atoms with Gasteiger partial charge in [-0.1, -0.05) is 29.8 Å². The fraction of sp³-hybridized carbons (Fsp3) is 0.238. The molecule has 1 N–H and O–H groups in total. The number of benzene rings is 2. The molecule has 27 heavy (non-hydrogen) atoms. The molecule has 1 aromatic heterocycles. The second-order valence-electron chi connectivity index (χ2n) is 5.89. The zero-order valence-electron chi connectivity index (χ0n) is 15.0. The van der Waals surface area contributed by atoms with Gasteiger partial charge in [0.05, 0.1) is 19.4 Å². The van der Waals surface area contributed by atoms with E-state index < -0.39 is 0 Å². The summed E-state index contributed by atoms with van der Waals surface area (Å²) >= 11 is 6.40. The van der Waals surface area contributed by atoms with Crippen molar-refractivity contribution >= 4 is 11.6 Å². The fourth-order valence-corrected chi connectivity index (χ4v) is 2.82. The number of hydrogen-bond acceptors (Lipinski definition) is 4. The van der Waals surface area contributed by atoms with E-state index in [0.717, 1.165) is 11.3 Å². The fourth-order valence-electron chi connectivity index (χ4n) is 2.60. The average molecular weight is 390 g/mol. The van der Waals surface area contributed by atoms with E-state index in [1.807, 2.05) is 25.1 Å². The maximum atomic E-state index is 13.8. The lowest BCUT2D eigenvalue weighted by atomic mass is 10.2. The second kappa shape index (κ2) is 9.44. The van der Waals surface area contributed by atoms with Crippen LogP contribution in [0.2, 0.25) is 5.02 Å². The van der Waals surface area contributed by atoms with Gasteiger partial charge in [-0.25, -0.2) is 4.39 Å². The Kier molecular flexibility index (Phi) is 6.74. The molecule has 2 aromatic carbocycles. The predicted octanol–water partition coefficient (Wildman–Crippen LogP) is 5.34. The van der Waals surface area contributed by atoms with E-state index in [0.29, 0.717) is 41.8 Å². The van der Waals surface area contributed by atoms with Crippen LogP contribution in [0.4, 0.5) is 4.39 Å². The first kappa shape index (κ1) is 19.3. The number of furan rings is 1. The molecular formula is C21H21ClFNO3. The van der Waals surface area contributed by atoms with Gasteiger partial charge in [-0.15, -0.1) is 0 Å². The minimum absolute atomic E-state index is 0.0964. The van der Waals surface area contributed by atoms with E-state index in [4.69, 9.17) is 25.5 Å². The smallest absolute Gasteiger partial charge is 0.163 e. The van der Waals surface area contributed by atoms with Gasteiger partial charge in [0.25, 0.3) is 0 Å². The van der Waals surface area contributed by atoms with Crippen molar-refractivity contribution in [1.29, 1.82) is 0 Å². The van der Waals surface area contributed by atoms with Crippen LogP contribution in [0, 0.1) is 5.82 Å². The zero-order valence-corrected chi connectivity index (χ0v) is 15.8. The molecule has 1 heterocycles. The summed E-state index contributed by atoms with van der Waals surface area (Å²) in [7, 11) is 0. The Morgan fingerprint density at radius 1 is 1.00 bits per heavy atom. The number of ether oxygens (including phenoxy) is 2. The molecule has 0 fully saturated rings. The molecule has 142 valence electrons. The molecule has 0 aliphatic carbocycles. The van der Waals surface area contributed by atoms with Gasteiger partial charge in [0.2, 0.25) is 0 Å². The molecule has 0 spiro atoms. The standard InChI is InChI=1S/C21H21ClFNO3/c1-2-25-20-10-16(12-24-13-17-7-5-9-26-17)18(22)11-21(20)27-14-15-6-3-4-8-19(15)23/h3-11,24H,2,12-14H2,1H3. The molecule has 0 bridgehead atoms. The summed E-state index contributed by atoms with van der Waals surface area (Å²) in [6, 6.07) is 13.8. The molecule has 3 aromatic rings. The minimum Gasteiger partial charge on any atom is -0.490 e. The van der Waals surface area contributed by atoms with Gasteiger partial charge in [0.1, 0.15) is 18.2 Å². The summed E-state index contributed by atoms with van der Waals surface area (Å²) in [6.45, 7) is 3.62. The Balaban J connectivity index is 1.70. The first-order chi connectivity index (χ1) is 13.2. The lowest BCUT2D eigenvalue weighted by molar-refractivity contribution is 0.265. The van der Waals surface area contributed by atoms with Crippen LogP contribution in [0.15, 0.2) is 59.2 Å². The predicted molar refractivity (Wildman–Crippen MR) is 103 cm³/mol. The third-order valence-electron chi connectivity index (χ3n) is 3.95. The molecule has 0 amide bonds. The molecule has 0 saturated heterocycles. The first-order valence-electron chi connectivity index (χ1n) is 8.72. The third-order valence-corrected chi connectivity index (χ3v) is 4.30. The Morgan fingerprint density at radius 3 is 2.56 bits per heavy atom. The number of hydrogen-bond donors (Lipinski definition) is 1. The summed E-state index contributed by atoms with van der Waals surface area (Å²) in [5.74, 6) is 1.61. The highest BCUT2D eigenvalue weighted by molar-refractivity contribution is 6.31. The SMILES string of the molecule is CCOc1cc(CNCc2ccco2)c(Cl)cc1OCc1ccccc1F. The number of nitrogens with one attached hydrogen (secondary N) is 1. The topological polar surface area (TPSA) is 43.6 Å². The van der Waals surface area contributed by atoms with Crippen LogP contribution in [0.1, 0.15) is 23.8 Å². The highest BCUT2D eigenvalue weighted by Crippen LogP contribution is 2.34. The van der Waals surface area contributed by atoms with E-state index >= 15 is 0 Å². The van der Waals surface area contributed by atoms with Crippen LogP contribution in [-0.4, -0.2) is 6.61 Å². The second-order valence-corrected chi connectivity index (χ2v) is 6.29. The molecule has 0 saturated carbocycles. The van der Waals surface area contributed by atoms with Crippen molar-refractivity contribution < 1.29 is 18.3 Å². The maximum Gasteiger partial charge on any atom is 0.163 e. The molecule has 0 radical (unpaired) electrons. The normalized spacial score (nSPS) is 10.8. The third kappa shape index (κ3) is 5.25. The highest BCUT2D eigenvalue weighted by Gasteiger charge is 2.12. The molecule has 0 aliphatic heterocycles. The molecule has 0 unspecified atom stereocenters. The van der Waals surface area contributed by atoms with Crippen LogP contribution in [0.5, 0.6) is 11.5 Å². The summed E-state index contributed by atoms with van der Waals surface area (Å²) in [4.78, 5) is 0. The Bertz CT molecular complexity index is 868. The number of halogens is 2. The van der Waals surface area contributed by atoms with E-state index in [9.17, 15) is 4.39 Å². The summed E-state index contributed by atoms with van der Waals surface area (Å²) in [6.07, 6.45) is 1.64. The maximum absolute atomic E-state index is 13.8. The van der Waals surface area contributed by atoms with E-state index in [1.165, 1.54) is 6.07 Å². The van der Waals surface area contributed by atoms with Crippen molar-refractivity contribution in [2.24, 2.45) is 0 Å². The van der Waals surface area contributed by atoms with E-state index in [-0.39, 0.29) is 12.4 Å². The molecule has 4 nitrogen and oxygen atoms in total. The zero-order chi connectivity index (χ0) is 19.1. The van der Waals surface area contributed by atoms with Gasteiger partial charge in [0, 0.05) is 23.2 Å². The summed E-state index contributed by atoms with van der Waals surface area (Å²) in [5, 5.41) is 3.82. The van der Waals surface area contributed by atoms with Crippen LogP contribution in [-0.2, 0) is 19.7 Å². The molecule has 6 heteroatoms. The van der Waals surface area contributed by atoms with Crippen molar-refractivity contribution in [2.75, 3.05) is 6.61 Å². The molecular weight excluding hydrogens is 369 g/mol. The van der Waals surface area contributed by atoms with Gasteiger partial charge in [0.15, 0.2) is 11.5 Å². The van der Waals surface area contributed by atoms with Crippen molar-refractivity contribution in [2.45, 2.75) is 26.6 Å². The van der Waals surface area contributed by atoms with Gasteiger partial charge in [-0.3, -0.25) is 0 Å². The molecule has 0 aliphatic rings. The quantitative estimate of drug-likeness (QED) is 0.536. The van der Waals surface area contributed by atoms with E-state index in [1.54, 1.807) is 30.5 Å². The van der Waals surface area contributed by atoms with Gasteiger partial charge in [-0.2, -0.15) is 0 Å². The largest absolute Gasteiger partial charge is 0.490 e. The van der Waals surface area contributed by atoms with Crippen molar-refractivity contribution in [3.05, 3.63) is 82.5 Å². The van der Waals surface area contributed by atoms with Crippen LogP contribution < -0.4 is 14.8 Å². The van der Waals surface area contributed by atoms with Gasteiger partial charge >= 0.3 is 0 Å². The van der Waals surface area contributed by atoms with Crippen molar-refractivity contribution in [1.82, 2.24) is 5.32 Å². The summed E-state index contributed by atoms with van der Waals surface area (Å²) < 4.78 is 30.5. The number of rotatable bonds is 9. The monoisotopic (exact) mass is 389 g/mol. The van der Waals surface area contributed by atoms with Crippen molar-refractivity contribution in [3.63, 3.8) is 0 Å². The molecule has 3 rings (SSSR count). The Hall–Kier alpha value is -2.50. The van der Waals surface area contributed by atoms with Crippen LogP contribution >= 0.6 is 11.6 Å². The van der Waals surface area contributed by atoms with Crippen LogP contribution in [0.25, 0.3) is 0 Å². The van der Waals surface area contributed by atoms with E-state index in [2.05, 4.69) is 5.32 Å². The van der Waals surface area contributed by atoms with Gasteiger partial charge in [-0.05, 0) is 36.8 Å². The van der Waals surface area contributed by atoms with Crippen molar-refractivity contribution in [3.8, 4) is 11.5 Å². The lowest BCUT2D eigenvalue weighted by Crippen LogP contribution is -2.13. The average Bonchev–Trinajstić information content (AvgIpc) is 3.17. The van der Waals surface area contributed by atoms with Gasteiger partial charge < -0.3 is 19.2 Å². The van der Waals surface area contributed by atoms with Crippen LogP contribution in [0.3, 0.4) is 0 Å². The minimum atomic E-state index is -0.305. The summed E-state index contributed by atoms with van der Waals surface area (Å²) in [5.41, 5.74) is 1.35. The molecule has 0 atom stereocenters.